The zero-order valence-corrected chi connectivity index (χ0v) is 7.05. The van der Waals surface area contributed by atoms with E-state index >= 15 is 0 Å². The molecule has 1 unspecified atom stereocenters. The smallest absolute Gasteiger partial charge is 0.0760 e. The lowest BCUT2D eigenvalue weighted by molar-refractivity contribution is 0.144. The maximum atomic E-state index is 8.86. The van der Waals surface area contributed by atoms with Crippen molar-refractivity contribution in [1.82, 2.24) is 0 Å². The molecule has 1 atom stereocenters. The van der Waals surface area contributed by atoms with Crippen molar-refractivity contribution in [3.05, 3.63) is 11.6 Å². The zero-order valence-electron chi connectivity index (χ0n) is 7.05. The van der Waals surface area contributed by atoms with Crippen molar-refractivity contribution >= 4 is 0 Å². The van der Waals surface area contributed by atoms with Crippen molar-refractivity contribution in [1.29, 1.82) is 0 Å². The summed E-state index contributed by atoms with van der Waals surface area (Å²) in [6.07, 6.45) is 5.54. The lowest BCUT2D eigenvalue weighted by Crippen LogP contribution is -2.02. The van der Waals surface area contributed by atoms with Crippen LogP contribution in [0.3, 0.4) is 0 Å². The maximum absolute atomic E-state index is 8.86. The van der Waals surface area contributed by atoms with Gasteiger partial charge in [0.2, 0.25) is 0 Å². The van der Waals surface area contributed by atoms with Crippen LogP contribution in [-0.2, 0) is 4.74 Å². The lowest BCUT2D eigenvalue weighted by atomic mass is 10.1. The second-order valence-electron chi connectivity index (χ2n) is 2.89. The second kappa shape index (κ2) is 4.52. The van der Waals surface area contributed by atoms with Crippen molar-refractivity contribution < 1.29 is 9.84 Å². The fraction of sp³-hybridized carbons (Fsp3) is 0.778. The first-order valence-corrected chi connectivity index (χ1v) is 4.29. The maximum Gasteiger partial charge on any atom is 0.0760 e. The van der Waals surface area contributed by atoms with Crippen molar-refractivity contribution in [3.63, 3.8) is 0 Å². The highest BCUT2D eigenvalue weighted by Crippen LogP contribution is 2.15. The van der Waals surface area contributed by atoms with Gasteiger partial charge in [0.05, 0.1) is 12.7 Å². The summed E-state index contributed by atoms with van der Waals surface area (Å²) >= 11 is 0. The van der Waals surface area contributed by atoms with E-state index in [2.05, 4.69) is 13.0 Å². The molecule has 0 aliphatic carbocycles. The number of hydrogen-bond acceptors (Lipinski definition) is 2. The Morgan fingerprint density at radius 1 is 1.73 bits per heavy atom. The average Bonchev–Trinajstić information content (AvgIpc) is 2.52. The SMILES string of the molecule is CC/C(=C\C1CCCO1)CO. The van der Waals surface area contributed by atoms with E-state index in [-0.39, 0.29) is 12.7 Å². The largest absolute Gasteiger partial charge is 0.392 e. The van der Waals surface area contributed by atoms with Crippen LogP contribution in [0, 0.1) is 0 Å². The Bertz CT molecular complexity index is 128. The van der Waals surface area contributed by atoms with Crippen LogP contribution in [0.25, 0.3) is 0 Å². The van der Waals surface area contributed by atoms with Crippen LogP contribution >= 0.6 is 0 Å². The minimum Gasteiger partial charge on any atom is -0.392 e. The Morgan fingerprint density at radius 2 is 2.55 bits per heavy atom. The van der Waals surface area contributed by atoms with Crippen LogP contribution in [0.5, 0.6) is 0 Å². The summed E-state index contributed by atoms with van der Waals surface area (Å²) in [6, 6.07) is 0. The van der Waals surface area contributed by atoms with E-state index in [1.165, 1.54) is 0 Å². The lowest BCUT2D eigenvalue weighted by Gasteiger charge is -2.05. The fourth-order valence-corrected chi connectivity index (χ4v) is 1.28. The first kappa shape index (κ1) is 8.75. The molecule has 0 saturated carbocycles. The third-order valence-electron chi connectivity index (χ3n) is 2.04. The van der Waals surface area contributed by atoms with Crippen LogP contribution in [0.15, 0.2) is 11.6 Å². The van der Waals surface area contributed by atoms with E-state index in [1.807, 2.05) is 0 Å². The van der Waals surface area contributed by atoms with Crippen molar-refractivity contribution in [2.24, 2.45) is 0 Å². The highest BCUT2D eigenvalue weighted by Gasteiger charge is 2.12. The Hall–Kier alpha value is -0.340. The monoisotopic (exact) mass is 156 g/mol. The molecule has 1 N–H and O–H groups in total. The van der Waals surface area contributed by atoms with Crippen molar-refractivity contribution in [2.45, 2.75) is 32.3 Å². The number of ether oxygens (including phenoxy) is 1. The van der Waals surface area contributed by atoms with Gasteiger partial charge in [0.1, 0.15) is 0 Å². The Morgan fingerprint density at radius 3 is 3.00 bits per heavy atom. The summed E-state index contributed by atoms with van der Waals surface area (Å²) < 4.78 is 5.40. The minimum absolute atomic E-state index is 0.177. The van der Waals surface area contributed by atoms with Gasteiger partial charge in [-0.05, 0) is 24.8 Å². The Balaban J connectivity index is 2.40. The summed E-state index contributed by atoms with van der Waals surface area (Å²) in [5.74, 6) is 0. The summed E-state index contributed by atoms with van der Waals surface area (Å²) in [6.45, 7) is 3.11. The molecule has 0 radical (unpaired) electrons. The third kappa shape index (κ3) is 2.64. The van der Waals surface area contributed by atoms with Crippen LogP contribution < -0.4 is 0 Å². The molecule has 1 saturated heterocycles. The van der Waals surface area contributed by atoms with E-state index in [1.54, 1.807) is 0 Å². The molecular formula is C9H16O2. The van der Waals surface area contributed by atoms with E-state index in [9.17, 15) is 0 Å². The van der Waals surface area contributed by atoms with Gasteiger partial charge in [-0.25, -0.2) is 0 Å². The van der Waals surface area contributed by atoms with Crippen LogP contribution in [-0.4, -0.2) is 24.4 Å². The van der Waals surface area contributed by atoms with Gasteiger partial charge in [-0.1, -0.05) is 13.0 Å². The van der Waals surface area contributed by atoms with Gasteiger partial charge in [0.15, 0.2) is 0 Å². The number of aliphatic hydroxyl groups is 1. The van der Waals surface area contributed by atoms with Gasteiger partial charge < -0.3 is 9.84 Å². The fourth-order valence-electron chi connectivity index (χ4n) is 1.28. The van der Waals surface area contributed by atoms with Crippen LogP contribution in [0.1, 0.15) is 26.2 Å². The van der Waals surface area contributed by atoms with Crippen LogP contribution in [0.2, 0.25) is 0 Å². The molecule has 1 rings (SSSR count). The summed E-state index contributed by atoms with van der Waals surface area (Å²) in [4.78, 5) is 0. The standard InChI is InChI=1S/C9H16O2/c1-2-8(7-10)6-9-4-3-5-11-9/h6,9-10H,2-5,7H2,1H3/b8-6+. The normalized spacial score (nSPS) is 26.0. The molecule has 1 aliphatic rings. The summed E-state index contributed by atoms with van der Waals surface area (Å²) in [5.41, 5.74) is 1.09. The topological polar surface area (TPSA) is 29.5 Å². The molecule has 0 aromatic carbocycles. The molecule has 64 valence electrons. The number of hydrogen-bond donors (Lipinski definition) is 1. The van der Waals surface area contributed by atoms with E-state index in [0.717, 1.165) is 31.4 Å². The van der Waals surface area contributed by atoms with Gasteiger partial charge in [0.25, 0.3) is 0 Å². The Labute approximate surface area is 67.9 Å². The van der Waals surface area contributed by atoms with Gasteiger partial charge >= 0.3 is 0 Å². The van der Waals surface area contributed by atoms with Crippen molar-refractivity contribution in [2.75, 3.05) is 13.2 Å². The van der Waals surface area contributed by atoms with Gasteiger partial charge in [-0.3, -0.25) is 0 Å². The van der Waals surface area contributed by atoms with Gasteiger partial charge in [0, 0.05) is 6.61 Å². The summed E-state index contributed by atoms with van der Waals surface area (Å²) in [5, 5.41) is 8.86. The second-order valence-corrected chi connectivity index (χ2v) is 2.89. The molecule has 0 spiro atoms. The first-order valence-electron chi connectivity index (χ1n) is 4.29. The molecule has 1 fully saturated rings. The molecule has 1 heterocycles. The predicted octanol–water partition coefficient (Wildman–Crippen LogP) is 1.49. The van der Waals surface area contributed by atoms with E-state index in [0.29, 0.717) is 0 Å². The molecule has 11 heavy (non-hydrogen) atoms. The molecule has 0 bridgehead atoms. The van der Waals surface area contributed by atoms with E-state index < -0.39 is 0 Å². The molecule has 1 aliphatic heterocycles. The quantitative estimate of drug-likeness (QED) is 0.627. The van der Waals surface area contributed by atoms with Crippen LogP contribution in [0.4, 0.5) is 0 Å². The molecular weight excluding hydrogens is 140 g/mol. The molecule has 0 aromatic heterocycles. The van der Waals surface area contributed by atoms with Crippen molar-refractivity contribution in [3.8, 4) is 0 Å². The zero-order chi connectivity index (χ0) is 8.10. The first-order chi connectivity index (χ1) is 5.36. The summed E-state index contributed by atoms with van der Waals surface area (Å²) in [7, 11) is 0. The molecule has 2 heteroatoms. The average molecular weight is 156 g/mol. The predicted molar refractivity (Wildman–Crippen MR) is 44.4 cm³/mol. The molecule has 0 amide bonds. The number of aliphatic hydroxyl groups excluding tert-OH is 1. The molecule has 0 aromatic rings. The highest BCUT2D eigenvalue weighted by molar-refractivity contribution is 5.05. The minimum atomic E-state index is 0.177. The number of rotatable bonds is 3. The third-order valence-corrected chi connectivity index (χ3v) is 2.04. The van der Waals surface area contributed by atoms with Gasteiger partial charge in [-0.15, -0.1) is 0 Å². The molecule has 2 nitrogen and oxygen atoms in total. The van der Waals surface area contributed by atoms with Gasteiger partial charge in [-0.2, -0.15) is 0 Å². The highest BCUT2D eigenvalue weighted by atomic mass is 16.5. The Kier molecular flexibility index (Phi) is 3.60. The van der Waals surface area contributed by atoms with E-state index in [4.69, 9.17) is 9.84 Å².